The van der Waals surface area contributed by atoms with Crippen LogP contribution in [-0.2, 0) is 27.0 Å². The average Bonchev–Trinajstić information content (AvgIpc) is 2.79. The van der Waals surface area contributed by atoms with Crippen molar-refractivity contribution in [3.63, 3.8) is 0 Å². The van der Waals surface area contributed by atoms with Gasteiger partial charge >= 0.3 is 6.18 Å². The lowest BCUT2D eigenvalue weighted by atomic mass is 9.72. The third kappa shape index (κ3) is 5.83. The van der Waals surface area contributed by atoms with E-state index in [4.69, 9.17) is 9.47 Å². The van der Waals surface area contributed by atoms with Crippen LogP contribution < -0.4 is 0 Å². The molecule has 1 atom stereocenters. The summed E-state index contributed by atoms with van der Waals surface area (Å²) in [4.78, 5) is 16.8. The minimum absolute atomic E-state index is 0.104. The number of hydrogen-bond acceptors (Lipinski definition) is 4. The molecule has 0 aromatic heterocycles. The van der Waals surface area contributed by atoms with E-state index in [0.717, 1.165) is 50.0 Å². The number of carbonyl (C=O) groups is 1. The summed E-state index contributed by atoms with van der Waals surface area (Å²) < 4.78 is 50.0. The number of piperazine rings is 1. The molecule has 3 aliphatic heterocycles. The van der Waals surface area contributed by atoms with Crippen LogP contribution in [0.25, 0.3) is 0 Å². The number of halogens is 3. The number of nitrogens with zero attached hydrogens (tertiary/aromatic N) is 2. The molecule has 3 saturated heterocycles. The highest BCUT2D eigenvalue weighted by Crippen LogP contribution is 2.43. The zero-order valence-corrected chi connectivity index (χ0v) is 18.7. The van der Waals surface area contributed by atoms with Gasteiger partial charge in [-0.25, -0.2) is 0 Å². The number of ether oxygens (including phenoxy) is 2. The standard InChI is InChI=1S/C24H33F3N2O3/c1-18(31-16-23-8-6-21(7-9-23)32-17-23)14-22(30)29-12-10-28(11-13-29)15-19-2-4-20(5-3-19)24(25,26)27/h2-5,18,21H,6-17H2,1H3. The van der Waals surface area contributed by atoms with Gasteiger partial charge in [-0.05, 0) is 50.3 Å². The third-order valence-corrected chi connectivity index (χ3v) is 7.17. The molecule has 4 fully saturated rings. The number of hydrogen-bond donors (Lipinski definition) is 0. The Morgan fingerprint density at radius 1 is 1.16 bits per heavy atom. The second-order valence-electron chi connectivity index (χ2n) is 9.69. The van der Waals surface area contributed by atoms with E-state index in [2.05, 4.69) is 4.90 Å². The van der Waals surface area contributed by atoms with Crippen molar-refractivity contribution in [3.8, 4) is 0 Å². The molecule has 0 radical (unpaired) electrons. The van der Waals surface area contributed by atoms with Crippen molar-refractivity contribution in [1.82, 2.24) is 9.80 Å². The number of fused-ring (bicyclic) bond motifs is 3. The van der Waals surface area contributed by atoms with Crippen LogP contribution in [0.3, 0.4) is 0 Å². The molecule has 32 heavy (non-hydrogen) atoms. The van der Waals surface area contributed by atoms with Crippen molar-refractivity contribution in [2.45, 2.75) is 64.0 Å². The topological polar surface area (TPSA) is 42.0 Å². The van der Waals surface area contributed by atoms with Gasteiger partial charge in [0.15, 0.2) is 0 Å². The highest BCUT2D eigenvalue weighted by Gasteiger charge is 2.42. The smallest absolute Gasteiger partial charge is 0.378 e. The van der Waals surface area contributed by atoms with Crippen LogP contribution >= 0.6 is 0 Å². The predicted octanol–water partition coefficient (Wildman–Crippen LogP) is 4.10. The van der Waals surface area contributed by atoms with Crippen molar-refractivity contribution in [2.75, 3.05) is 39.4 Å². The van der Waals surface area contributed by atoms with Crippen LogP contribution in [0.2, 0.25) is 0 Å². The molecule has 1 aromatic carbocycles. The maximum atomic E-state index is 12.7. The van der Waals surface area contributed by atoms with E-state index in [1.165, 1.54) is 12.1 Å². The first-order chi connectivity index (χ1) is 15.2. The van der Waals surface area contributed by atoms with Crippen molar-refractivity contribution < 1.29 is 27.4 Å². The van der Waals surface area contributed by atoms with Gasteiger partial charge in [-0.3, -0.25) is 9.69 Å². The lowest BCUT2D eigenvalue weighted by Crippen LogP contribution is -2.49. The summed E-state index contributed by atoms with van der Waals surface area (Å²) in [6.07, 6.45) is 0.919. The fourth-order valence-electron chi connectivity index (χ4n) is 4.96. The molecule has 3 heterocycles. The number of alkyl halides is 3. The lowest BCUT2D eigenvalue weighted by molar-refractivity contribution is -0.153. The third-order valence-electron chi connectivity index (χ3n) is 7.17. The molecule has 1 amide bonds. The van der Waals surface area contributed by atoms with Gasteiger partial charge in [-0.2, -0.15) is 13.2 Å². The van der Waals surface area contributed by atoms with E-state index in [1.807, 2.05) is 11.8 Å². The van der Waals surface area contributed by atoms with E-state index in [0.29, 0.717) is 51.9 Å². The Bertz CT molecular complexity index is 754. The van der Waals surface area contributed by atoms with Gasteiger partial charge in [0, 0.05) is 38.1 Å². The molecule has 8 heteroatoms. The predicted molar refractivity (Wildman–Crippen MR) is 114 cm³/mol. The zero-order chi connectivity index (χ0) is 22.8. The second-order valence-corrected chi connectivity index (χ2v) is 9.69. The number of amides is 1. The molecule has 1 unspecified atom stereocenters. The Morgan fingerprint density at radius 3 is 2.38 bits per heavy atom. The molecule has 178 valence electrons. The quantitative estimate of drug-likeness (QED) is 0.622. The zero-order valence-electron chi connectivity index (χ0n) is 18.7. The maximum Gasteiger partial charge on any atom is 0.416 e. The molecule has 1 saturated carbocycles. The highest BCUT2D eigenvalue weighted by atomic mass is 19.4. The van der Waals surface area contributed by atoms with Crippen LogP contribution in [0.1, 0.15) is 50.2 Å². The molecule has 0 spiro atoms. The first kappa shape index (κ1) is 23.5. The summed E-state index contributed by atoms with van der Waals surface area (Å²) in [6, 6.07) is 5.31. The van der Waals surface area contributed by atoms with E-state index >= 15 is 0 Å². The Labute approximate surface area is 187 Å². The molecule has 5 rings (SSSR count). The molecular formula is C24H33F3N2O3. The fraction of sp³-hybridized carbons (Fsp3) is 0.708. The van der Waals surface area contributed by atoms with E-state index < -0.39 is 11.7 Å². The minimum atomic E-state index is -4.31. The molecule has 2 bridgehead atoms. The molecular weight excluding hydrogens is 421 g/mol. The van der Waals surface area contributed by atoms with Crippen LogP contribution in [0.5, 0.6) is 0 Å². The number of rotatable bonds is 7. The van der Waals surface area contributed by atoms with Crippen molar-refractivity contribution in [3.05, 3.63) is 35.4 Å². The molecule has 0 N–H and O–H groups in total. The van der Waals surface area contributed by atoms with Crippen LogP contribution in [0.4, 0.5) is 13.2 Å². The molecule has 5 nitrogen and oxygen atoms in total. The Kier molecular flexibility index (Phi) is 7.12. The molecule has 4 aliphatic rings. The molecule has 1 aromatic rings. The van der Waals surface area contributed by atoms with Crippen molar-refractivity contribution >= 4 is 5.91 Å². The van der Waals surface area contributed by atoms with Gasteiger partial charge in [0.2, 0.25) is 5.91 Å². The summed E-state index contributed by atoms with van der Waals surface area (Å²) in [7, 11) is 0. The average molecular weight is 455 g/mol. The summed E-state index contributed by atoms with van der Waals surface area (Å²) >= 11 is 0. The summed E-state index contributed by atoms with van der Waals surface area (Å²) in [5.41, 5.74) is 0.354. The Hall–Kier alpha value is -1.64. The van der Waals surface area contributed by atoms with Gasteiger partial charge in [-0.1, -0.05) is 12.1 Å². The van der Waals surface area contributed by atoms with Gasteiger partial charge in [-0.15, -0.1) is 0 Å². The van der Waals surface area contributed by atoms with Gasteiger partial charge < -0.3 is 14.4 Å². The lowest BCUT2D eigenvalue weighted by Gasteiger charge is -2.46. The van der Waals surface area contributed by atoms with Gasteiger partial charge in [0.1, 0.15) is 0 Å². The SMILES string of the molecule is CC(CC(=O)N1CCN(Cc2ccc(C(F)(F)F)cc2)CC1)OCC12CCC(CC1)OC2. The largest absolute Gasteiger partial charge is 0.416 e. The maximum absolute atomic E-state index is 12.7. The van der Waals surface area contributed by atoms with Crippen molar-refractivity contribution in [1.29, 1.82) is 0 Å². The van der Waals surface area contributed by atoms with E-state index in [9.17, 15) is 18.0 Å². The highest BCUT2D eigenvalue weighted by molar-refractivity contribution is 5.76. The first-order valence-corrected chi connectivity index (χ1v) is 11.6. The van der Waals surface area contributed by atoms with Gasteiger partial charge in [0.05, 0.1) is 37.4 Å². The summed E-state index contributed by atoms with van der Waals surface area (Å²) in [6.45, 7) is 6.67. The van der Waals surface area contributed by atoms with Crippen LogP contribution in [-0.4, -0.2) is 67.3 Å². The van der Waals surface area contributed by atoms with Crippen molar-refractivity contribution in [2.24, 2.45) is 5.41 Å². The number of benzene rings is 1. The molecule has 1 aliphatic carbocycles. The normalized spacial score (nSPS) is 27.5. The Balaban J connectivity index is 1.17. The summed E-state index contributed by atoms with van der Waals surface area (Å²) in [5.74, 6) is 0.104. The van der Waals surface area contributed by atoms with Crippen LogP contribution in [0.15, 0.2) is 24.3 Å². The van der Waals surface area contributed by atoms with Gasteiger partial charge in [0.25, 0.3) is 0 Å². The second kappa shape index (κ2) is 9.69. The van der Waals surface area contributed by atoms with E-state index in [1.54, 1.807) is 0 Å². The monoisotopic (exact) mass is 454 g/mol. The minimum Gasteiger partial charge on any atom is -0.378 e. The Morgan fingerprint density at radius 2 is 1.81 bits per heavy atom. The fourth-order valence-corrected chi connectivity index (χ4v) is 4.96. The summed E-state index contributed by atoms with van der Waals surface area (Å²) in [5, 5.41) is 0. The van der Waals surface area contributed by atoms with Crippen LogP contribution in [0, 0.1) is 5.41 Å². The first-order valence-electron chi connectivity index (χ1n) is 11.6. The number of carbonyl (C=O) groups excluding carboxylic acids is 1. The van der Waals surface area contributed by atoms with E-state index in [-0.39, 0.29) is 17.4 Å².